The number of aryl methyl sites for hydroxylation is 2. The van der Waals surface area contributed by atoms with Gasteiger partial charge in [-0.2, -0.15) is 0 Å². The zero-order valence-corrected chi connectivity index (χ0v) is 12.8. The molecule has 1 atom stereocenters. The number of benzene rings is 2. The largest absolute Gasteiger partial charge is 0.382 e. The van der Waals surface area contributed by atoms with Gasteiger partial charge < -0.3 is 5.32 Å². The first-order valence-corrected chi connectivity index (χ1v) is 7.80. The third-order valence-corrected chi connectivity index (χ3v) is 4.50. The maximum absolute atomic E-state index is 13.6. The van der Waals surface area contributed by atoms with Crippen molar-refractivity contribution in [3.63, 3.8) is 0 Å². The zero-order valence-electron chi connectivity index (χ0n) is 11.2. The minimum absolute atomic E-state index is 0.194. The number of hydrogen-bond donors (Lipinski definition) is 1. The number of nitrogens with one attached hydrogen (secondary N) is 1. The summed E-state index contributed by atoms with van der Waals surface area (Å²) in [6, 6.07) is 14.4. The standard InChI is InChI=1S/C17H17BrFN/c18-15-10-13-7-9-14(20-17(13)11-16(15)19)8-6-12-4-2-1-3-5-12/h1-5,10-11,14,20H,6-9H2. The first-order chi connectivity index (χ1) is 9.72. The average molecular weight is 334 g/mol. The van der Waals surface area contributed by atoms with Gasteiger partial charge in [-0.25, -0.2) is 4.39 Å². The topological polar surface area (TPSA) is 12.0 Å². The predicted octanol–water partition coefficient (Wildman–Crippen LogP) is 4.95. The monoisotopic (exact) mass is 333 g/mol. The number of fused-ring (bicyclic) bond motifs is 1. The van der Waals surface area contributed by atoms with Crippen LogP contribution in [0.15, 0.2) is 46.9 Å². The lowest BCUT2D eigenvalue weighted by Gasteiger charge is -2.27. The van der Waals surface area contributed by atoms with E-state index in [9.17, 15) is 4.39 Å². The highest BCUT2D eigenvalue weighted by atomic mass is 79.9. The molecule has 2 aromatic carbocycles. The Kier molecular flexibility index (Phi) is 4.06. The van der Waals surface area contributed by atoms with E-state index in [1.165, 1.54) is 11.1 Å². The van der Waals surface area contributed by atoms with E-state index >= 15 is 0 Å². The summed E-state index contributed by atoms with van der Waals surface area (Å²) < 4.78 is 14.2. The van der Waals surface area contributed by atoms with Gasteiger partial charge in [-0.1, -0.05) is 30.3 Å². The lowest BCUT2D eigenvalue weighted by atomic mass is 9.94. The van der Waals surface area contributed by atoms with Gasteiger partial charge in [0, 0.05) is 11.7 Å². The highest BCUT2D eigenvalue weighted by Gasteiger charge is 2.19. The van der Waals surface area contributed by atoms with E-state index in [0.717, 1.165) is 31.4 Å². The van der Waals surface area contributed by atoms with Gasteiger partial charge in [-0.3, -0.25) is 0 Å². The maximum Gasteiger partial charge on any atom is 0.139 e. The minimum atomic E-state index is -0.194. The number of hydrogen-bond acceptors (Lipinski definition) is 1. The molecule has 0 radical (unpaired) electrons. The van der Waals surface area contributed by atoms with Gasteiger partial charge in [-0.15, -0.1) is 0 Å². The molecule has 3 rings (SSSR count). The van der Waals surface area contributed by atoms with Crippen molar-refractivity contribution in [2.45, 2.75) is 31.7 Å². The third kappa shape index (κ3) is 3.04. The smallest absolute Gasteiger partial charge is 0.139 e. The molecular weight excluding hydrogens is 317 g/mol. The summed E-state index contributed by atoms with van der Waals surface area (Å²) in [7, 11) is 0. The van der Waals surface area contributed by atoms with E-state index < -0.39 is 0 Å². The fourth-order valence-corrected chi connectivity index (χ4v) is 3.14. The molecule has 1 unspecified atom stereocenters. The second-order valence-electron chi connectivity index (χ2n) is 5.33. The lowest BCUT2D eigenvalue weighted by Crippen LogP contribution is -2.26. The Bertz CT molecular complexity index is 597. The van der Waals surface area contributed by atoms with Crippen molar-refractivity contribution in [1.82, 2.24) is 0 Å². The second kappa shape index (κ2) is 5.96. The molecule has 1 aliphatic heterocycles. The van der Waals surface area contributed by atoms with Crippen LogP contribution in [0, 0.1) is 5.82 Å². The van der Waals surface area contributed by atoms with Crippen LogP contribution in [0.5, 0.6) is 0 Å². The fraction of sp³-hybridized carbons (Fsp3) is 0.294. The van der Waals surface area contributed by atoms with Gasteiger partial charge in [0.2, 0.25) is 0 Å². The molecule has 0 spiro atoms. The van der Waals surface area contributed by atoms with E-state index in [-0.39, 0.29) is 5.82 Å². The number of anilines is 1. The van der Waals surface area contributed by atoms with E-state index in [1.807, 2.05) is 12.1 Å². The van der Waals surface area contributed by atoms with Crippen molar-refractivity contribution in [3.8, 4) is 0 Å². The molecule has 3 heteroatoms. The third-order valence-electron chi connectivity index (χ3n) is 3.89. The van der Waals surface area contributed by atoms with Crippen LogP contribution in [-0.4, -0.2) is 6.04 Å². The summed E-state index contributed by atoms with van der Waals surface area (Å²) in [6.07, 6.45) is 4.27. The summed E-state index contributed by atoms with van der Waals surface area (Å²) in [5.41, 5.74) is 3.52. The van der Waals surface area contributed by atoms with Crippen LogP contribution in [-0.2, 0) is 12.8 Å². The first-order valence-electron chi connectivity index (χ1n) is 7.01. The van der Waals surface area contributed by atoms with Gasteiger partial charge in [-0.05, 0) is 64.9 Å². The summed E-state index contributed by atoms with van der Waals surface area (Å²) in [5, 5.41) is 3.47. The SMILES string of the molecule is Fc1cc2c(cc1Br)CCC(CCc1ccccc1)N2. The molecule has 0 fully saturated rings. The Labute approximate surface area is 127 Å². The summed E-state index contributed by atoms with van der Waals surface area (Å²) >= 11 is 3.25. The average Bonchev–Trinajstić information content (AvgIpc) is 2.47. The van der Waals surface area contributed by atoms with Crippen molar-refractivity contribution < 1.29 is 4.39 Å². The molecule has 0 aliphatic carbocycles. The van der Waals surface area contributed by atoms with Crippen molar-refractivity contribution in [2.75, 3.05) is 5.32 Å². The molecule has 0 saturated carbocycles. The molecule has 0 aromatic heterocycles. The Balaban J connectivity index is 1.65. The van der Waals surface area contributed by atoms with Crippen LogP contribution in [0.25, 0.3) is 0 Å². The molecule has 0 bridgehead atoms. The molecule has 1 aliphatic rings. The summed E-state index contributed by atoms with van der Waals surface area (Å²) in [6.45, 7) is 0. The molecule has 2 aromatic rings. The first kappa shape index (κ1) is 13.6. The molecule has 1 nitrogen and oxygen atoms in total. The Morgan fingerprint density at radius 2 is 2.00 bits per heavy atom. The van der Waals surface area contributed by atoms with E-state index in [0.29, 0.717) is 10.5 Å². The predicted molar refractivity (Wildman–Crippen MR) is 84.6 cm³/mol. The van der Waals surface area contributed by atoms with E-state index in [4.69, 9.17) is 0 Å². The highest BCUT2D eigenvalue weighted by Crippen LogP contribution is 2.31. The van der Waals surface area contributed by atoms with Crippen LogP contribution < -0.4 is 5.32 Å². The van der Waals surface area contributed by atoms with E-state index in [2.05, 4.69) is 45.5 Å². The number of rotatable bonds is 3. The second-order valence-corrected chi connectivity index (χ2v) is 6.18. The van der Waals surface area contributed by atoms with Crippen LogP contribution in [0.3, 0.4) is 0 Å². The van der Waals surface area contributed by atoms with Crippen molar-refractivity contribution in [2.24, 2.45) is 0 Å². The Hall–Kier alpha value is -1.35. The molecule has 0 saturated heterocycles. The van der Waals surface area contributed by atoms with Crippen LogP contribution >= 0.6 is 15.9 Å². The molecule has 1 N–H and O–H groups in total. The van der Waals surface area contributed by atoms with Gasteiger partial charge >= 0.3 is 0 Å². The quantitative estimate of drug-likeness (QED) is 0.838. The highest BCUT2D eigenvalue weighted by molar-refractivity contribution is 9.10. The fourth-order valence-electron chi connectivity index (χ4n) is 2.75. The van der Waals surface area contributed by atoms with Crippen molar-refractivity contribution in [3.05, 3.63) is 63.9 Å². The molecule has 0 amide bonds. The van der Waals surface area contributed by atoms with Gasteiger partial charge in [0.05, 0.1) is 4.47 Å². The molecular formula is C17H17BrFN. The van der Waals surface area contributed by atoms with E-state index in [1.54, 1.807) is 6.07 Å². The van der Waals surface area contributed by atoms with Gasteiger partial charge in [0.15, 0.2) is 0 Å². The molecule has 20 heavy (non-hydrogen) atoms. The molecule has 1 heterocycles. The van der Waals surface area contributed by atoms with Gasteiger partial charge in [0.25, 0.3) is 0 Å². The van der Waals surface area contributed by atoms with Crippen LogP contribution in [0.4, 0.5) is 10.1 Å². The molecule has 104 valence electrons. The summed E-state index contributed by atoms with van der Waals surface area (Å²) in [5.74, 6) is -0.194. The van der Waals surface area contributed by atoms with Crippen LogP contribution in [0.1, 0.15) is 24.0 Å². The zero-order chi connectivity index (χ0) is 13.9. The Morgan fingerprint density at radius 3 is 2.80 bits per heavy atom. The maximum atomic E-state index is 13.6. The van der Waals surface area contributed by atoms with Crippen LogP contribution in [0.2, 0.25) is 0 Å². The van der Waals surface area contributed by atoms with Crippen molar-refractivity contribution in [1.29, 1.82) is 0 Å². The normalized spacial score (nSPS) is 17.4. The number of halogens is 2. The van der Waals surface area contributed by atoms with Crippen molar-refractivity contribution >= 4 is 21.6 Å². The Morgan fingerprint density at radius 1 is 1.20 bits per heavy atom. The summed E-state index contributed by atoms with van der Waals surface area (Å²) in [4.78, 5) is 0. The van der Waals surface area contributed by atoms with Gasteiger partial charge in [0.1, 0.15) is 5.82 Å². The minimum Gasteiger partial charge on any atom is -0.382 e. The lowest BCUT2D eigenvalue weighted by molar-refractivity contribution is 0.579.